The molecule has 31 heavy (non-hydrogen) atoms. The summed E-state index contributed by atoms with van der Waals surface area (Å²) in [6.07, 6.45) is 2.19. The van der Waals surface area contributed by atoms with Crippen molar-refractivity contribution in [1.82, 2.24) is 14.2 Å². The van der Waals surface area contributed by atoms with E-state index in [1.807, 2.05) is 48.2 Å². The molecule has 3 heterocycles. The van der Waals surface area contributed by atoms with Crippen LogP contribution in [0.4, 0.5) is 0 Å². The number of hydrogen-bond acceptors (Lipinski definition) is 6. The topological polar surface area (TPSA) is 86.4 Å². The van der Waals surface area contributed by atoms with Gasteiger partial charge in [0.25, 0.3) is 5.91 Å². The predicted octanol–water partition coefficient (Wildman–Crippen LogP) is 2.23. The average Bonchev–Trinajstić information content (AvgIpc) is 3.45. The van der Waals surface area contributed by atoms with E-state index in [-0.39, 0.29) is 24.2 Å². The molecule has 1 aromatic heterocycles. The molecule has 0 aliphatic carbocycles. The Balaban J connectivity index is 1.47. The van der Waals surface area contributed by atoms with Crippen molar-refractivity contribution in [2.24, 2.45) is 5.10 Å². The lowest BCUT2D eigenvalue weighted by Crippen LogP contribution is -2.51. The lowest BCUT2D eigenvalue weighted by Gasteiger charge is -2.34. The van der Waals surface area contributed by atoms with Gasteiger partial charge in [0.05, 0.1) is 24.3 Å². The van der Waals surface area contributed by atoms with Gasteiger partial charge in [-0.25, -0.2) is 13.4 Å². The molecule has 0 spiro atoms. The lowest BCUT2D eigenvalue weighted by atomic mass is 10.0. The highest BCUT2D eigenvalue weighted by Gasteiger charge is 2.36. The molecule has 2 aliphatic rings. The second-order valence-corrected chi connectivity index (χ2v) is 10.2. The Morgan fingerprint density at radius 1 is 1.13 bits per heavy atom. The molecular weight excluding hydrogens is 416 g/mol. The van der Waals surface area contributed by atoms with Gasteiger partial charge in [-0.3, -0.25) is 9.69 Å². The molecule has 0 N–H and O–H groups in total. The normalized spacial score (nSPS) is 20.8. The Hall–Kier alpha value is -2.49. The number of amides is 1. The van der Waals surface area contributed by atoms with Gasteiger partial charge in [-0.2, -0.15) is 9.41 Å². The zero-order valence-electron chi connectivity index (χ0n) is 17.9. The molecule has 0 bridgehead atoms. The van der Waals surface area contributed by atoms with Crippen LogP contribution >= 0.6 is 0 Å². The first-order valence-corrected chi connectivity index (χ1v) is 12.2. The number of carbonyl (C=O) groups is 1. The molecule has 1 atom stereocenters. The van der Waals surface area contributed by atoms with Crippen LogP contribution in [0.5, 0.6) is 0 Å². The summed E-state index contributed by atoms with van der Waals surface area (Å²) in [5, 5.41) is 6.20. The van der Waals surface area contributed by atoms with Crippen LogP contribution in [-0.2, 0) is 14.8 Å². The quantitative estimate of drug-likeness (QED) is 0.682. The van der Waals surface area contributed by atoms with Gasteiger partial charge in [0.2, 0.25) is 10.0 Å². The fraction of sp³-hybridized carbons (Fsp3) is 0.455. The molecule has 9 heteroatoms. The number of hydrazone groups is 1. The highest BCUT2D eigenvalue weighted by molar-refractivity contribution is 7.89. The molecule has 1 unspecified atom stereocenters. The Kier molecular flexibility index (Phi) is 6.27. The molecule has 0 saturated carbocycles. The Morgan fingerprint density at radius 3 is 2.45 bits per heavy atom. The molecule has 166 valence electrons. The van der Waals surface area contributed by atoms with Crippen LogP contribution in [0.2, 0.25) is 0 Å². The molecule has 4 rings (SSSR count). The number of rotatable bonds is 6. The Morgan fingerprint density at radius 2 is 1.84 bits per heavy atom. The maximum atomic E-state index is 13.2. The first kappa shape index (κ1) is 21.7. The summed E-state index contributed by atoms with van der Waals surface area (Å²) in [5.74, 6) is 0.689. The molecule has 1 fully saturated rings. The molecule has 2 aliphatic heterocycles. The Labute approximate surface area is 183 Å². The van der Waals surface area contributed by atoms with E-state index in [0.717, 1.165) is 11.3 Å². The molecule has 1 saturated heterocycles. The standard InChI is InChI=1S/C22H28N4O4S/c1-3-31(28,29)25-12-10-24(11-13-25)16-22(27)26-20(21-5-4-14-30-21)15-19(23-26)18-8-6-17(2)7-9-18/h4-9,14,20H,3,10-13,15-16H2,1-2H3. The third-order valence-electron chi connectivity index (χ3n) is 5.87. The number of carbonyl (C=O) groups excluding carboxylic acids is 1. The first-order chi connectivity index (χ1) is 14.9. The number of nitrogens with zero attached hydrogens (tertiary/aromatic N) is 4. The van der Waals surface area contributed by atoms with Crippen LogP contribution in [0.15, 0.2) is 52.2 Å². The van der Waals surface area contributed by atoms with Crippen molar-refractivity contribution in [3.05, 3.63) is 59.5 Å². The smallest absolute Gasteiger partial charge is 0.257 e. The molecular formula is C22H28N4O4S. The highest BCUT2D eigenvalue weighted by atomic mass is 32.2. The molecule has 0 radical (unpaired) electrons. The van der Waals surface area contributed by atoms with E-state index in [9.17, 15) is 13.2 Å². The minimum absolute atomic E-state index is 0.0983. The van der Waals surface area contributed by atoms with Crippen LogP contribution in [0.3, 0.4) is 0 Å². The fourth-order valence-corrected chi connectivity index (χ4v) is 5.06. The summed E-state index contributed by atoms with van der Waals surface area (Å²) in [7, 11) is -3.19. The lowest BCUT2D eigenvalue weighted by molar-refractivity contribution is -0.134. The van der Waals surface area contributed by atoms with Crippen molar-refractivity contribution >= 4 is 21.6 Å². The van der Waals surface area contributed by atoms with Crippen molar-refractivity contribution in [2.45, 2.75) is 26.3 Å². The summed E-state index contributed by atoms with van der Waals surface area (Å²) in [5.41, 5.74) is 3.02. The van der Waals surface area contributed by atoms with Crippen LogP contribution in [0.25, 0.3) is 0 Å². The largest absolute Gasteiger partial charge is 0.467 e. The van der Waals surface area contributed by atoms with E-state index in [0.29, 0.717) is 38.4 Å². The summed E-state index contributed by atoms with van der Waals surface area (Å²) >= 11 is 0. The predicted molar refractivity (Wildman–Crippen MR) is 118 cm³/mol. The number of hydrogen-bond donors (Lipinski definition) is 0. The monoisotopic (exact) mass is 444 g/mol. The zero-order chi connectivity index (χ0) is 22.0. The van der Waals surface area contributed by atoms with E-state index in [2.05, 4.69) is 5.10 Å². The van der Waals surface area contributed by atoms with E-state index in [1.54, 1.807) is 13.2 Å². The van der Waals surface area contributed by atoms with Gasteiger partial charge in [-0.05, 0) is 31.5 Å². The van der Waals surface area contributed by atoms with Gasteiger partial charge in [-0.1, -0.05) is 29.8 Å². The van der Waals surface area contributed by atoms with Gasteiger partial charge in [0.1, 0.15) is 11.8 Å². The minimum atomic E-state index is -3.19. The van der Waals surface area contributed by atoms with Crippen LogP contribution < -0.4 is 0 Å². The average molecular weight is 445 g/mol. The third kappa shape index (κ3) is 4.73. The van der Waals surface area contributed by atoms with Crippen molar-refractivity contribution in [2.75, 3.05) is 38.5 Å². The third-order valence-corrected chi connectivity index (χ3v) is 7.75. The van der Waals surface area contributed by atoms with Crippen molar-refractivity contribution in [1.29, 1.82) is 0 Å². The van der Waals surface area contributed by atoms with E-state index in [1.165, 1.54) is 14.9 Å². The molecule has 1 amide bonds. The van der Waals surface area contributed by atoms with Crippen molar-refractivity contribution in [3.63, 3.8) is 0 Å². The van der Waals surface area contributed by atoms with E-state index < -0.39 is 10.0 Å². The van der Waals surface area contributed by atoms with Gasteiger partial charge in [0, 0.05) is 32.6 Å². The van der Waals surface area contributed by atoms with Gasteiger partial charge < -0.3 is 4.42 Å². The van der Waals surface area contributed by atoms with Crippen LogP contribution in [0, 0.1) is 6.92 Å². The number of aryl methyl sites for hydroxylation is 1. The van der Waals surface area contributed by atoms with Crippen molar-refractivity contribution in [3.8, 4) is 0 Å². The van der Waals surface area contributed by atoms with Gasteiger partial charge >= 0.3 is 0 Å². The van der Waals surface area contributed by atoms with E-state index in [4.69, 9.17) is 4.42 Å². The van der Waals surface area contributed by atoms with Crippen molar-refractivity contribution < 1.29 is 17.6 Å². The second-order valence-electron chi connectivity index (χ2n) is 7.96. The molecule has 1 aromatic carbocycles. The van der Waals surface area contributed by atoms with Crippen LogP contribution in [0.1, 0.15) is 36.3 Å². The Bertz CT molecular complexity index is 1040. The summed E-state index contributed by atoms with van der Waals surface area (Å²) in [6, 6.07) is 11.5. The number of furan rings is 1. The van der Waals surface area contributed by atoms with Crippen LogP contribution in [-0.4, -0.2) is 72.7 Å². The van der Waals surface area contributed by atoms with Gasteiger partial charge in [0.15, 0.2) is 0 Å². The number of sulfonamides is 1. The number of benzene rings is 1. The number of piperazine rings is 1. The zero-order valence-corrected chi connectivity index (χ0v) is 18.7. The first-order valence-electron chi connectivity index (χ1n) is 10.6. The summed E-state index contributed by atoms with van der Waals surface area (Å²) in [4.78, 5) is 15.2. The summed E-state index contributed by atoms with van der Waals surface area (Å²) in [6.45, 7) is 5.75. The molecule has 2 aromatic rings. The van der Waals surface area contributed by atoms with Gasteiger partial charge in [-0.15, -0.1) is 0 Å². The SMILES string of the molecule is CCS(=O)(=O)N1CCN(CC(=O)N2N=C(c3ccc(C)cc3)CC2c2ccco2)CC1. The van der Waals surface area contributed by atoms with E-state index >= 15 is 0 Å². The maximum absolute atomic E-state index is 13.2. The molecule has 8 nitrogen and oxygen atoms in total. The highest BCUT2D eigenvalue weighted by Crippen LogP contribution is 2.33. The fourth-order valence-electron chi connectivity index (χ4n) is 3.98. The summed E-state index contributed by atoms with van der Waals surface area (Å²) < 4.78 is 31.2. The maximum Gasteiger partial charge on any atom is 0.257 e. The minimum Gasteiger partial charge on any atom is -0.467 e. The second kappa shape index (κ2) is 8.94.